The Morgan fingerprint density at radius 3 is 2.61 bits per heavy atom. The molecule has 0 aromatic heterocycles. The van der Waals surface area contributed by atoms with Crippen LogP contribution in [0, 0.1) is 6.92 Å². The molecule has 1 heterocycles. The van der Waals surface area contributed by atoms with Gasteiger partial charge in [-0.05, 0) is 38.0 Å². The van der Waals surface area contributed by atoms with E-state index in [1.54, 1.807) is 4.90 Å². The SMILES string of the molecule is CCOc1c(C(C)N)cc(Cl)c(C)c1C1CN(C(=O)OCc2ccccc2)C1. The van der Waals surface area contributed by atoms with Crippen molar-refractivity contribution in [1.82, 2.24) is 4.90 Å². The number of hydrogen-bond donors (Lipinski definition) is 1. The summed E-state index contributed by atoms with van der Waals surface area (Å²) in [6, 6.07) is 11.4. The molecule has 0 aliphatic carbocycles. The highest BCUT2D eigenvalue weighted by Gasteiger charge is 2.37. The first-order valence-corrected chi connectivity index (χ1v) is 9.97. The maximum absolute atomic E-state index is 12.3. The highest BCUT2D eigenvalue weighted by atomic mass is 35.5. The summed E-state index contributed by atoms with van der Waals surface area (Å²) in [7, 11) is 0. The van der Waals surface area contributed by atoms with E-state index in [0.717, 1.165) is 28.0 Å². The van der Waals surface area contributed by atoms with Crippen LogP contribution in [0.15, 0.2) is 36.4 Å². The Balaban J connectivity index is 1.71. The number of amides is 1. The van der Waals surface area contributed by atoms with Crippen molar-refractivity contribution in [3.8, 4) is 5.75 Å². The number of carbonyl (C=O) groups excluding carboxylic acids is 1. The summed E-state index contributed by atoms with van der Waals surface area (Å²) in [6.45, 7) is 7.83. The average Bonchev–Trinajstić information content (AvgIpc) is 2.64. The first-order chi connectivity index (χ1) is 13.4. The average molecular weight is 403 g/mol. The van der Waals surface area contributed by atoms with E-state index in [1.165, 1.54) is 0 Å². The Morgan fingerprint density at radius 1 is 1.32 bits per heavy atom. The zero-order valence-electron chi connectivity index (χ0n) is 16.6. The van der Waals surface area contributed by atoms with E-state index >= 15 is 0 Å². The van der Waals surface area contributed by atoms with Crippen LogP contribution >= 0.6 is 11.6 Å². The molecule has 28 heavy (non-hydrogen) atoms. The second-order valence-corrected chi connectivity index (χ2v) is 7.59. The first kappa shape index (κ1) is 20.5. The Labute approximate surface area is 171 Å². The van der Waals surface area contributed by atoms with E-state index < -0.39 is 0 Å². The van der Waals surface area contributed by atoms with E-state index in [2.05, 4.69) is 0 Å². The maximum atomic E-state index is 12.3. The van der Waals surface area contributed by atoms with Crippen molar-refractivity contribution in [1.29, 1.82) is 0 Å². The van der Waals surface area contributed by atoms with Crippen LogP contribution in [0.3, 0.4) is 0 Å². The predicted octanol–water partition coefficient (Wildman–Crippen LogP) is 4.80. The smallest absolute Gasteiger partial charge is 0.410 e. The third-order valence-corrected chi connectivity index (χ3v) is 5.48. The molecule has 0 bridgehead atoms. The van der Waals surface area contributed by atoms with Crippen molar-refractivity contribution < 1.29 is 14.3 Å². The Morgan fingerprint density at radius 2 is 2.00 bits per heavy atom. The largest absolute Gasteiger partial charge is 0.493 e. The van der Waals surface area contributed by atoms with E-state index in [-0.39, 0.29) is 24.7 Å². The van der Waals surface area contributed by atoms with Gasteiger partial charge in [0, 0.05) is 41.2 Å². The molecule has 1 amide bonds. The lowest BCUT2D eigenvalue weighted by Gasteiger charge is -2.40. The molecule has 0 spiro atoms. The summed E-state index contributed by atoms with van der Waals surface area (Å²) in [5, 5.41) is 0.677. The lowest BCUT2D eigenvalue weighted by atomic mass is 9.85. The normalized spacial score (nSPS) is 15.1. The summed E-state index contributed by atoms with van der Waals surface area (Å²) in [5.41, 5.74) is 10.0. The number of likely N-dealkylation sites (tertiary alicyclic amines) is 1. The van der Waals surface area contributed by atoms with Crippen LogP contribution in [0.5, 0.6) is 5.75 Å². The molecule has 0 saturated carbocycles. The second kappa shape index (κ2) is 8.84. The molecule has 1 saturated heterocycles. The van der Waals surface area contributed by atoms with Crippen molar-refractivity contribution in [2.24, 2.45) is 5.73 Å². The Kier molecular flexibility index (Phi) is 6.47. The number of nitrogens with zero attached hydrogens (tertiary/aromatic N) is 1. The molecular weight excluding hydrogens is 376 g/mol. The fourth-order valence-corrected chi connectivity index (χ4v) is 3.74. The molecule has 1 aliphatic rings. The van der Waals surface area contributed by atoms with Crippen LogP contribution < -0.4 is 10.5 Å². The number of benzene rings is 2. The summed E-state index contributed by atoms with van der Waals surface area (Å²) in [6.07, 6.45) is -0.301. The lowest BCUT2D eigenvalue weighted by molar-refractivity contribution is 0.0657. The second-order valence-electron chi connectivity index (χ2n) is 7.18. The molecular formula is C22H27ClN2O3. The van der Waals surface area contributed by atoms with Crippen molar-refractivity contribution in [3.05, 3.63) is 63.7 Å². The molecule has 2 aromatic carbocycles. The van der Waals surface area contributed by atoms with Gasteiger partial charge in [-0.1, -0.05) is 41.9 Å². The maximum Gasteiger partial charge on any atom is 0.410 e. The van der Waals surface area contributed by atoms with Crippen LogP contribution in [0.4, 0.5) is 4.79 Å². The fourth-order valence-electron chi connectivity index (χ4n) is 3.52. The predicted molar refractivity (Wildman–Crippen MR) is 111 cm³/mol. The molecule has 1 unspecified atom stereocenters. The number of carbonyl (C=O) groups is 1. The summed E-state index contributed by atoms with van der Waals surface area (Å²) in [4.78, 5) is 14.0. The summed E-state index contributed by atoms with van der Waals surface area (Å²) < 4.78 is 11.4. The molecule has 2 aromatic rings. The molecule has 1 fully saturated rings. The minimum absolute atomic E-state index is 0.155. The van der Waals surface area contributed by atoms with E-state index in [1.807, 2.05) is 57.2 Å². The van der Waals surface area contributed by atoms with Crippen LogP contribution in [0.1, 0.15) is 48.1 Å². The van der Waals surface area contributed by atoms with Crippen molar-refractivity contribution in [2.45, 2.75) is 39.3 Å². The third-order valence-electron chi connectivity index (χ3n) is 5.08. The number of halogens is 1. The molecule has 150 valence electrons. The van der Waals surface area contributed by atoms with Crippen molar-refractivity contribution >= 4 is 17.7 Å². The minimum atomic E-state index is -0.301. The van der Waals surface area contributed by atoms with Gasteiger partial charge in [-0.3, -0.25) is 0 Å². The topological polar surface area (TPSA) is 64.8 Å². The zero-order valence-corrected chi connectivity index (χ0v) is 17.3. The highest BCUT2D eigenvalue weighted by molar-refractivity contribution is 6.31. The Hall–Kier alpha value is -2.24. The van der Waals surface area contributed by atoms with E-state index in [4.69, 9.17) is 26.8 Å². The first-order valence-electron chi connectivity index (χ1n) is 9.59. The highest BCUT2D eigenvalue weighted by Crippen LogP contribution is 2.42. The van der Waals surface area contributed by atoms with Crippen LogP contribution in [-0.2, 0) is 11.3 Å². The molecule has 6 heteroatoms. The molecule has 1 atom stereocenters. The van der Waals surface area contributed by atoms with Crippen molar-refractivity contribution in [2.75, 3.05) is 19.7 Å². The van der Waals surface area contributed by atoms with E-state index in [9.17, 15) is 4.79 Å². The van der Waals surface area contributed by atoms with Gasteiger partial charge in [0.1, 0.15) is 12.4 Å². The van der Waals surface area contributed by atoms with Crippen LogP contribution in [0.25, 0.3) is 0 Å². The van der Waals surface area contributed by atoms with Gasteiger partial charge in [0.25, 0.3) is 0 Å². The lowest BCUT2D eigenvalue weighted by Crippen LogP contribution is -2.49. The van der Waals surface area contributed by atoms with E-state index in [0.29, 0.717) is 24.7 Å². The third kappa shape index (κ3) is 4.26. The van der Waals surface area contributed by atoms with Gasteiger partial charge in [0.05, 0.1) is 6.61 Å². The van der Waals surface area contributed by atoms with Gasteiger partial charge in [-0.2, -0.15) is 0 Å². The number of hydrogen-bond acceptors (Lipinski definition) is 4. The number of nitrogens with two attached hydrogens (primary N) is 1. The number of rotatable bonds is 6. The summed E-state index contributed by atoms with van der Waals surface area (Å²) in [5.74, 6) is 0.962. The van der Waals surface area contributed by atoms with Gasteiger partial charge in [-0.15, -0.1) is 0 Å². The van der Waals surface area contributed by atoms with Gasteiger partial charge >= 0.3 is 6.09 Å². The standard InChI is InChI=1S/C22H27ClN2O3/c1-4-27-21-18(15(3)24)10-19(23)14(2)20(21)17-11-25(12-17)22(26)28-13-16-8-6-5-7-9-16/h5-10,15,17H,4,11-13,24H2,1-3H3. The van der Waals surface area contributed by atoms with Crippen LogP contribution in [0.2, 0.25) is 5.02 Å². The quantitative estimate of drug-likeness (QED) is 0.753. The van der Waals surface area contributed by atoms with Gasteiger partial charge in [-0.25, -0.2) is 4.79 Å². The molecule has 2 N–H and O–H groups in total. The monoisotopic (exact) mass is 402 g/mol. The molecule has 3 rings (SSSR count). The molecule has 5 nitrogen and oxygen atoms in total. The summed E-state index contributed by atoms with van der Waals surface area (Å²) >= 11 is 6.46. The fraction of sp³-hybridized carbons (Fsp3) is 0.409. The molecule has 1 aliphatic heterocycles. The Bertz CT molecular complexity index is 833. The van der Waals surface area contributed by atoms with Gasteiger partial charge < -0.3 is 20.1 Å². The van der Waals surface area contributed by atoms with Gasteiger partial charge in [0.2, 0.25) is 0 Å². The van der Waals surface area contributed by atoms with Gasteiger partial charge in [0.15, 0.2) is 0 Å². The van der Waals surface area contributed by atoms with Crippen molar-refractivity contribution in [3.63, 3.8) is 0 Å². The number of ether oxygens (including phenoxy) is 2. The minimum Gasteiger partial charge on any atom is -0.493 e. The van der Waals surface area contributed by atoms with Crippen LogP contribution in [-0.4, -0.2) is 30.7 Å². The zero-order chi connectivity index (χ0) is 20.3. The molecule has 0 radical (unpaired) electrons.